The number of benzene rings is 1. The van der Waals surface area contributed by atoms with Gasteiger partial charge in [0.1, 0.15) is 11.5 Å². The number of amides is 1. The predicted octanol–water partition coefficient (Wildman–Crippen LogP) is 1.35. The SMILES string of the molecule is COc1ccc(O)c(C(=O)N2CCCCC2CN)c1. The van der Waals surface area contributed by atoms with Crippen LogP contribution in [0.15, 0.2) is 18.2 Å². The fourth-order valence-corrected chi connectivity index (χ4v) is 2.48. The molecule has 5 nitrogen and oxygen atoms in total. The van der Waals surface area contributed by atoms with Gasteiger partial charge < -0.3 is 20.5 Å². The number of hydrogen-bond acceptors (Lipinski definition) is 4. The molecule has 0 aliphatic carbocycles. The zero-order valence-electron chi connectivity index (χ0n) is 11.1. The highest BCUT2D eigenvalue weighted by Crippen LogP contribution is 2.27. The Bertz CT molecular complexity index is 462. The lowest BCUT2D eigenvalue weighted by Gasteiger charge is -2.35. The number of nitrogens with zero attached hydrogens (tertiary/aromatic N) is 1. The van der Waals surface area contributed by atoms with Crippen molar-refractivity contribution in [1.82, 2.24) is 4.90 Å². The average molecular weight is 264 g/mol. The van der Waals surface area contributed by atoms with Gasteiger partial charge in [-0.15, -0.1) is 0 Å². The highest BCUT2D eigenvalue weighted by molar-refractivity contribution is 5.97. The van der Waals surface area contributed by atoms with Gasteiger partial charge >= 0.3 is 0 Å². The number of likely N-dealkylation sites (tertiary alicyclic amines) is 1. The highest BCUT2D eigenvalue weighted by Gasteiger charge is 2.28. The molecular formula is C14H20N2O3. The van der Waals surface area contributed by atoms with Gasteiger partial charge in [0.05, 0.1) is 12.7 Å². The van der Waals surface area contributed by atoms with Crippen LogP contribution in [0.2, 0.25) is 0 Å². The van der Waals surface area contributed by atoms with E-state index >= 15 is 0 Å². The van der Waals surface area contributed by atoms with E-state index in [-0.39, 0.29) is 23.3 Å². The van der Waals surface area contributed by atoms with Gasteiger partial charge in [0.15, 0.2) is 0 Å². The topological polar surface area (TPSA) is 75.8 Å². The van der Waals surface area contributed by atoms with Crippen LogP contribution in [0.25, 0.3) is 0 Å². The maximum Gasteiger partial charge on any atom is 0.258 e. The van der Waals surface area contributed by atoms with Gasteiger partial charge in [-0.1, -0.05) is 0 Å². The summed E-state index contributed by atoms with van der Waals surface area (Å²) in [6, 6.07) is 4.74. The van der Waals surface area contributed by atoms with Gasteiger partial charge in [-0.3, -0.25) is 4.79 Å². The molecule has 2 rings (SSSR count). The Labute approximate surface area is 113 Å². The predicted molar refractivity (Wildman–Crippen MR) is 72.4 cm³/mol. The molecule has 1 fully saturated rings. The summed E-state index contributed by atoms with van der Waals surface area (Å²) in [5.74, 6) is 0.362. The van der Waals surface area contributed by atoms with Crippen molar-refractivity contribution in [3.8, 4) is 11.5 Å². The second kappa shape index (κ2) is 5.93. The first kappa shape index (κ1) is 13.7. The lowest BCUT2D eigenvalue weighted by molar-refractivity contribution is 0.0620. The number of phenolic OH excluding ortho intramolecular Hbond substituents is 1. The fraction of sp³-hybridized carbons (Fsp3) is 0.500. The zero-order valence-corrected chi connectivity index (χ0v) is 11.1. The van der Waals surface area contributed by atoms with Crippen molar-refractivity contribution in [1.29, 1.82) is 0 Å². The van der Waals surface area contributed by atoms with E-state index in [2.05, 4.69) is 0 Å². The molecule has 0 aromatic heterocycles. The van der Waals surface area contributed by atoms with E-state index in [1.807, 2.05) is 0 Å². The molecule has 19 heavy (non-hydrogen) atoms. The zero-order chi connectivity index (χ0) is 13.8. The first-order chi connectivity index (χ1) is 9.17. The van der Waals surface area contributed by atoms with Crippen molar-refractivity contribution >= 4 is 5.91 Å². The van der Waals surface area contributed by atoms with Crippen LogP contribution < -0.4 is 10.5 Å². The minimum absolute atomic E-state index is 0.0212. The first-order valence-electron chi connectivity index (χ1n) is 6.55. The van der Waals surface area contributed by atoms with Crippen molar-refractivity contribution in [2.24, 2.45) is 5.73 Å². The number of nitrogens with two attached hydrogens (primary N) is 1. The molecule has 0 bridgehead atoms. The van der Waals surface area contributed by atoms with Crippen LogP contribution in [-0.4, -0.2) is 42.2 Å². The molecule has 104 valence electrons. The molecule has 1 aromatic carbocycles. The minimum Gasteiger partial charge on any atom is -0.507 e. The summed E-state index contributed by atoms with van der Waals surface area (Å²) in [6.07, 6.45) is 3.00. The third kappa shape index (κ3) is 2.81. The molecule has 0 spiro atoms. The number of piperidine rings is 1. The van der Waals surface area contributed by atoms with E-state index in [4.69, 9.17) is 10.5 Å². The van der Waals surface area contributed by atoms with Gasteiger partial charge in [0.25, 0.3) is 5.91 Å². The summed E-state index contributed by atoms with van der Waals surface area (Å²) in [4.78, 5) is 14.3. The molecule has 1 saturated heterocycles. The van der Waals surface area contributed by atoms with Gasteiger partial charge in [0.2, 0.25) is 0 Å². The Balaban J connectivity index is 2.27. The summed E-state index contributed by atoms with van der Waals surface area (Å²) < 4.78 is 5.09. The molecule has 1 aromatic rings. The molecule has 1 amide bonds. The molecule has 0 radical (unpaired) electrons. The molecule has 1 unspecified atom stereocenters. The number of ether oxygens (including phenoxy) is 1. The molecule has 0 saturated carbocycles. The van der Waals surface area contributed by atoms with Crippen LogP contribution in [0.5, 0.6) is 11.5 Å². The number of rotatable bonds is 3. The van der Waals surface area contributed by atoms with Crippen LogP contribution in [0.4, 0.5) is 0 Å². The molecule has 1 atom stereocenters. The third-order valence-electron chi connectivity index (χ3n) is 3.59. The van der Waals surface area contributed by atoms with E-state index in [1.54, 1.807) is 17.0 Å². The number of phenols is 1. The van der Waals surface area contributed by atoms with Crippen molar-refractivity contribution < 1.29 is 14.6 Å². The Morgan fingerprint density at radius 3 is 3.00 bits per heavy atom. The normalized spacial score (nSPS) is 19.3. The highest BCUT2D eigenvalue weighted by atomic mass is 16.5. The van der Waals surface area contributed by atoms with Gasteiger partial charge in [-0.2, -0.15) is 0 Å². The smallest absolute Gasteiger partial charge is 0.258 e. The van der Waals surface area contributed by atoms with Crippen LogP contribution in [0.1, 0.15) is 29.6 Å². The Morgan fingerprint density at radius 1 is 1.53 bits per heavy atom. The number of aromatic hydroxyl groups is 1. The van der Waals surface area contributed by atoms with E-state index in [0.717, 1.165) is 19.3 Å². The van der Waals surface area contributed by atoms with Crippen LogP contribution in [-0.2, 0) is 0 Å². The van der Waals surface area contributed by atoms with Crippen LogP contribution in [0, 0.1) is 0 Å². The van der Waals surface area contributed by atoms with Gasteiger partial charge in [-0.05, 0) is 37.5 Å². The molecular weight excluding hydrogens is 244 g/mol. The molecule has 1 aliphatic rings. The number of hydrogen-bond donors (Lipinski definition) is 2. The molecule has 3 N–H and O–H groups in total. The maximum absolute atomic E-state index is 12.5. The fourth-order valence-electron chi connectivity index (χ4n) is 2.48. The summed E-state index contributed by atoms with van der Waals surface area (Å²) >= 11 is 0. The number of carbonyl (C=O) groups excluding carboxylic acids is 1. The maximum atomic E-state index is 12.5. The minimum atomic E-state index is -0.174. The van der Waals surface area contributed by atoms with E-state index < -0.39 is 0 Å². The van der Waals surface area contributed by atoms with Crippen LogP contribution in [0.3, 0.4) is 0 Å². The standard InChI is InChI=1S/C14H20N2O3/c1-19-11-5-6-13(17)12(8-11)14(18)16-7-3-2-4-10(16)9-15/h5-6,8,10,17H,2-4,7,9,15H2,1H3. The third-order valence-corrected chi connectivity index (χ3v) is 3.59. The van der Waals surface area contributed by atoms with Crippen molar-refractivity contribution in [3.63, 3.8) is 0 Å². The Hall–Kier alpha value is -1.75. The summed E-state index contributed by atoms with van der Waals surface area (Å²) in [5, 5.41) is 9.86. The van der Waals surface area contributed by atoms with Crippen molar-refractivity contribution in [2.45, 2.75) is 25.3 Å². The largest absolute Gasteiger partial charge is 0.507 e. The Morgan fingerprint density at radius 2 is 2.32 bits per heavy atom. The lowest BCUT2D eigenvalue weighted by Crippen LogP contribution is -2.47. The van der Waals surface area contributed by atoms with E-state index in [0.29, 0.717) is 18.8 Å². The van der Waals surface area contributed by atoms with Crippen molar-refractivity contribution in [3.05, 3.63) is 23.8 Å². The summed E-state index contributed by atoms with van der Waals surface area (Å²) in [6.45, 7) is 1.15. The lowest BCUT2D eigenvalue weighted by atomic mass is 10.0. The van der Waals surface area contributed by atoms with Gasteiger partial charge in [-0.25, -0.2) is 0 Å². The average Bonchev–Trinajstić information content (AvgIpc) is 2.47. The van der Waals surface area contributed by atoms with E-state index in [1.165, 1.54) is 13.2 Å². The number of methoxy groups -OCH3 is 1. The monoisotopic (exact) mass is 264 g/mol. The summed E-state index contributed by atoms with van der Waals surface area (Å²) in [5.41, 5.74) is 6.00. The van der Waals surface area contributed by atoms with E-state index in [9.17, 15) is 9.90 Å². The molecule has 1 heterocycles. The second-order valence-corrected chi connectivity index (χ2v) is 4.77. The number of carbonyl (C=O) groups is 1. The van der Waals surface area contributed by atoms with Crippen molar-refractivity contribution in [2.75, 3.05) is 20.2 Å². The quantitative estimate of drug-likeness (QED) is 0.864. The molecule has 1 aliphatic heterocycles. The molecule has 5 heteroatoms. The first-order valence-corrected chi connectivity index (χ1v) is 6.55. The Kier molecular flexibility index (Phi) is 4.27. The van der Waals surface area contributed by atoms with Gasteiger partial charge in [0, 0.05) is 19.1 Å². The summed E-state index contributed by atoms with van der Waals surface area (Å²) in [7, 11) is 1.53. The second-order valence-electron chi connectivity index (χ2n) is 4.77. The van der Waals surface area contributed by atoms with Crippen LogP contribution >= 0.6 is 0 Å².